The van der Waals surface area contributed by atoms with E-state index in [1.54, 1.807) is 19.9 Å². The Kier molecular flexibility index (Phi) is 2.40. The average Bonchev–Trinajstić information content (AvgIpc) is 2.87. The highest BCUT2D eigenvalue weighted by Gasteiger charge is 2.78. The van der Waals surface area contributed by atoms with Gasteiger partial charge in [-0.05, 0) is 18.4 Å². The van der Waals surface area contributed by atoms with E-state index in [0.717, 1.165) is 0 Å². The van der Waals surface area contributed by atoms with Gasteiger partial charge in [0.1, 0.15) is 12.7 Å². The van der Waals surface area contributed by atoms with Crippen LogP contribution in [0.25, 0.3) is 0 Å². The van der Waals surface area contributed by atoms with E-state index in [1.807, 2.05) is 0 Å². The summed E-state index contributed by atoms with van der Waals surface area (Å²) in [6.07, 6.45) is -1.75. The first-order chi connectivity index (χ1) is 10.2. The first kappa shape index (κ1) is 14.2. The van der Waals surface area contributed by atoms with Gasteiger partial charge in [-0.3, -0.25) is 0 Å². The number of carbonyl (C=O) groups is 2. The molecule has 120 valence electrons. The monoisotopic (exact) mass is 310 g/mol. The minimum Gasteiger partial charge on any atom is -0.462 e. The second kappa shape index (κ2) is 3.72. The second-order valence-corrected chi connectivity index (χ2v) is 7.11. The van der Waals surface area contributed by atoms with E-state index in [9.17, 15) is 24.9 Å². The zero-order valence-electron chi connectivity index (χ0n) is 12.3. The number of cyclic esters (lactones) is 1. The number of rotatable bonds is 0. The van der Waals surface area contributed by atoms with Crippen molar-refractivity contribution < 1.29 is 34.4 Å². The highest BCUT2D eigenvalue weighted by Crippen LogP contribution is 2.67. The summed E-state index contributed by atoms with van der Waals surface area (Å²) in [5.74, 6) is -2.13. The Morgan fingerprint density at radius 3 is 2.68 bits per heavy atom. The lowest BCUT2D eigenvalue weighted by Crippen LogP contribution is -2.71. The van der Waals surface area contributed by atoms with E-state index in [2.05, 4.69) is 0 Å². The minimum atomic E-state index is -1.98. The summed E-state index contributed by atoms with van der Waals surface area (Å²) >= 11 is 0. The molecule has 1 saturated carbocycles. The van der Waals surface area contributed by atoms with Crippen LogP contribution in [-0.2, 0) is 19.1 Å². The van der Waals surface area contributed by atoms with E-state index in [4.69, 9.17) is 9.47 Å². The molecule has 2 heterocycles. The zero-order valence-corrected chi connectivity index (χ0v) is 12.3. The number of ether oxygens (including phenoxy) is 2. The fourth-order valence-electron chi connectivity index (χ4n) is 4.94. The van der Waals surface area contributed by atoms with Crippen molar-refractivity contribution in [1.29, 1.82) is 0 Å². The van der Waals surface area contributed by atoms with Crippen molar-refractivity contribution in [2.24, 2.45) is 16.7 Å². The predicted octanol–water partition coefficient (Wildman–Crippen LogP) is -1.11. The maximum atomic E-state index is 12.2. The molecule has 7 heteroatoms. The summed E-state index contributed by atoms with van der Waals surface area (Å²) in [6, 6.07) is 0. The Labute approximate surface area is 126 Å². The number of aliphatic hydroxyl groups is 3. The van der Waals surface area contributed by atoms with Gasteiger partial charge in [-0.2, -0.15) is 0 Å². The second-order valence-electron chi connectivity index (χ2n) is 7.11. The lowest BCUT2D eigenvalue weighted by molar-refractivity contribution is -0.234. The van der Waals surface area contributed by atoms with E-state index >= 15 is 0 Å². The smallest absolute Gasteiger partial charge is 0.343 e. The largest absolute Gasteiger partial charge is 0.462 e. The molecule has 4 rings (SSSR count). The summed E-state index contributed by atoms with van der Waals surface area (Å²) in [4.78, 5) is 24.3. The number of hydrogen-bond donors (Lipinski definition) is 3. The number of carbonyl (C=O) groups excluding carboxylic acids is 2. The summed E-state index contributed by atoms with van der Waals surface area (Å²) in [7, 11) is 0. The molecule has 4 unspecified atom stereocenters. The average molecular weight is 310 g/mol. The molecular formula is C15H18O7. The van der Waals surface area contributed by atoms with Crippen LogP contribution >= 0.6 is 0 Å². The van der Waals surface area contributed by atoms with Gasteiger partial charge in [0.15, 0.2) is 6.10 Å². The zero-order chi connectivity index (χ0) is 16.1. The van der Waals surface area contributed by atoms with Crippen LogP contribution in [0.5, 0.6) is 0 Å². The maximum absolute atomic E-state index is 12.2. The molecule has 0 aromatic rings. The molecule has 1 spiro atoms. The third-order valence-electron chi connectivity index (χ3n) is 6.36. The number of esters is 2. The standard InChI is InChI=1S/C15H18O7/c1-6-7(16)3-8-13(2)5-21-12(19)15(13,20)9-4-14(6,8)10(17)11(18)22-9/h3,6-7,9-10,16-17,20H,4-5H2,1-2H3/t6-,7-,9?,10+,13?,14?,15?/m1/s1. The van der Waals surface area contributed by atoms with Crippen LogP contribution in [0.3, 0.4) is 0 Å². The third-order valence-corrected chi connectivity index (χ3v) is 6.36. The van der Waals surface area contributed by atoms with Crippen LogP contribution in [0.2, 0.25) is 0 Å². The fraction of sp³-hybridized carbons (Fsp3) is 0.733. The summed E-state index contributed by atoms with van der Waals surface area (Å²) in [5, 5.41) is 31.8. The van der Waals surface area contributed by atoms with Gasteiger partial charge in [0.25, 0.3) is 0 Å². The number of aliphatic hydroxyl groups excluding tert-OH is 2. The summed E-state index contributed by atoms with van der Waals surface area (Å²) < 4.78 is 10.2. The van der Waals surface area contributed by atoms with Crippen molar-refractivity contribution in [2.75, 3.05) is 6.61 Å². The van der Waals surface area contributed by atoms with Gasteiger partial charge in [0.05, 0.1) is 11.5 Å². The van der Waals surface area contributed by atoms with Gasteiger partial charge >= 0.3 is 11.9 Å². The highest BCUT2D eigenvalue weighted by atomic mass is 16.6. The lowest BCUT2D eigenvalue weighted by Gasteiger charge is -2.58. The first-order valence-corrected chi connectivity index (χ1v) is 7.38. The van der Waals surface area contributed by atoms with Crippen LogP contribution in [0.4, 0.5) is 0 Å². The topological polar surface area (TPSA) is 113 Å². The van der Waals surface area contributed by atoms with Crippen LogP contribution in [0.15, 0.2) is 11.6 Å². The Hall–Kier alpha value is -1.44. The lowest BCUT2D eigenvalue weighted by atomic mass is 9.49. The van der Waals surface area contributed by atoms with Crippen molar-refractivity contribution in [3.63, 3.8) is 0 Å². The van der Waals surface area contributed by atoms with Crippen molar-refractivity contribution in [3.05, 3.63) is 11.6 Å². The quantitative estimate of drug-likeness (QED) is 0.384. The molecular weight excluding hydrogens is 292 g/mol. The molecule has 0 aromatic heterocycles. The van der Waals surface area contributed by atoms with Crippen LogP contribution < -0.4 is 0 Å². The summed E-state index contributed by atoms with van der Waals surface area (Å²) in [6.45, 7) is 3.33. The van der Waals surface area contributed by atoms with Crippen LogP contribution in [-0.4, -0.2) is 57.8 Å². The van der Waals surface area contributed by atoms with Gasteiger partial charge in [-0.1, -0.05) is 13.0 Å². The molecule has 2 bridgehead atoms. The molecule has 7 atom stereocenters. The van der Waals surface area contributed by atoms with Crippen molar-refractivity contribution >= 4 is 11.9 Å². The van der Waals surface area contributed by atoms with Gasteiger partial charge in [-0.25, -0.2) is 9.59 Å². The minimum absolute atomic E-state index is 0.0733. The van der Waals surface area contributed by atoms with Gasteiger partial charge in [-0.15, -0.1) is 0 Å². The van der Waals surface area contributed by atoms with Crippen molar-refractivity contribution in [2.45, 2.75) is 44.2 Å². The SMILES string of the molecule is C[C@@H]1[C@H](O)C=C2C13CC(OC(=O)[C@@H]3O)C1(O)C(=O)OCC21C. The molecule has 0 radical (unpaired) electrons. The van der Waals surface area contributed by atoms with E-state index < -0.39 is 52.6 Å². The Bertz CT molecular complexity index is 627. The molecule has 4 aliphatic rings. The Balaban J connectivity index is 2.00. The van der Waals surface area contributed by atoms with E-state index in [-0.39, 0.29) is 13.0 Å². The Morgan fingerprint density at radius 1 is 1.32 bits per heavy atom. The molecule has 0 aromatic carbocycles. The molecule has 3 fully saturated rings. The molecule has 0 amide bonds. The third kappa shape index (κ3) is 1.15. The molecule has 2 aliphatic heterocycles. The first-order valence-electron chi connectivity index (χ1n) is 7.38. The van der Waals surface area contributed by atoms with Crippen molar-refractivity contribution in [1.82, 2.24) is 0 Å². The maximum Gasteiger partial charge on any atom is 0.343 e. The summed E-state index contributed by atoms with van der Waals surface area (Å²) in [5.41, 5.74) is -3.63. The normalized spacial score (nSPS) is 56.0. The molecule has 3 N–H and O–H groups in total. The van der Waals surface area contributed by atoms with Crippen LogP contribution in [0, 0.1) is 16.7 Å². The molecule has 7 nitrogen and oxygen atoms in total. The van der Waals surface area contributed by atoms with Gasteiger partial charge in [0, 0.05) is 11.8 Å². The molecule has 2 saturated heterocycles. The number of hydrogen-bond acceptors (Lipinski definition) is 7. The van der Waals surface area contributed by atoms with E-state index in [1.165, 1.54) is 0 Å². The van der Waals surface area contributed by atoms with Crippen LogP contribution in [0.1, 0.15) is 20.3 Å². The molecule has 2 aliphatic carbocycles. The molecule has 22 heavy (non-hydrogen) atoms. The fourth-order valence-corrected chi connectivity index (χ4v) is 4.94. The van der Waals surface area contributed by atoms with E-state index in [0.29, 0.717) is 5.57 Å². The number of fused-ring (bicyclic) bond motifs is 4. The predicted molar refractivity (Wildman–Crippen MR) is 70.2 cm³/mol. The van der Waals surface area contributed by atoms with Gasteiger partial charge in [0.2, 0.25) is 5.60 Å². The van der Waals surface area contributed by atoms with Crippen molar-refractivity contribution in [3.8, 4) is 0 Å². The highest BCUT2D eigenvalue weighted by molar-refractivity contribution is 5.88. The van der Waals surface area contributed by atoms with Gasteiger partial charge < -0.3 is 24.8 Å². The Morgan fingerprint density at radius 2 is 2.00 bits per heavy atom.